The molecule has 0 unspecified atom stereocenters. The van der Waals surface area contributed by atoms with E-state index in [0.717, 1.165) is 0 Å². The Morgan fingerprint density at radius 3 is 2.85 bits per heavy atom. The molecule has 0 aromatic carbocycles. The van der Waals surface area contributed by atoms with E-state index in [2.05, 4.69) is 9.98 Å². The van der Waals surface area contributed by atoms with Crippen LogP contribution in [0.25, 0.3) is 0 Å². The number of fused-ring (bicyclic) bond motifs is 1. The summed E-state index contributed by atoms with van der Waals surface area (Å²) in [7, 11) is 1.57. The third-order valence-corrected chi connectivity index (χ3v) is 3.29. The van der Waals surface area contributed by atoms with Crippen molar-refractivity contribution in [2.75, 3.05) is 0 Å². The summed E-state index contributed by atoms with van der Waals surface area (Å²) in [6.07, 6.45) is 4.69. The van der Waals surface area contributed by atoms with Crippen LogP contribution in [0.2, 0.25) is 0 Å². The van der Waals surface area contributed by atoms with Crippen molar-refractivity contribution in [2.45, 2.75) is 6.42 Å². The van der Waals surface area contributed by atoms with E-state index in [1.807, 2.05) is 0 Å². The molecule has 0 radical (unpaired) electrons. The van der Waals surface area contributed by atoms with Crippen molar-refractivity contribution < 1.29 is 8.42 Å². The van der Waals surface area contributed by atoms with Gasteiger partial charge in [0, 0.05) is 17.1 Å². The second kappa shape index (κ2) is 2.78. The molecule has 1 aliphatic heterocycles. The highest BCUT2D eigenvalue weighted by Crippen LogP contribution is 2.25. The molecule has 0 saturated heterocycles. The SMILES string of the molecule is O=S(=O)(Cl)C1=CC=C2N=CN=C2C1. The number of aliphatic imine (C=N–C) groups is 2. The van der Waals surface area contributed by atoms with E-state index in [4.69, 9.17) is 10.7 Å². The van der Waals surface area contributed by atoms with Gasteiger partial charge in [-0.1, -0.05) is 0 Å². The normalized spacial score (nSPS) is 20.5. The lowest BCUT2D eigenvalue weighted by molar-refractivity contribution is 0.614. The zero-order valence-electron chi connectivity index (χ0n) is 6.44. The van der Waals surface area contributed by atoms with Crippen LogP contribution in [0.3, 0.4) is 0 Å². The smallest absolute Gasteiger partial charge is 0.239 e. The summed E-state index contributed by atoms with van der Waals surface area (Å²) in [5.41, 5.74) is 1.37. The van der Waals surface area contributed by atoms with Crippen LogP contribution >= 0.6 is 10.7 Å². The van der Waals surface area contributed by atoms with Crippen molar-refractivity contribution in [1.82, 2.24) is 0 Å². The van der Waals surface area contributed by atoms with Crippen LogP contribution in [0.4, 0.5) is 0 Å². The predicted octanol–water partition coefficient (Wildman–Crippen LogP) is 1.21. The van der Waals surface area contributed by atoms with Gasteiger partial charge in [0.1, 0.15) is 6.34 Å². The lowest BCUT2D eigenvalue weighted by Crippen LogP contribution is -2.08. The Kier molecular flexibility index (Phi) is 1.85. The van der Waals surface area contributed by atoms with E-state index in [1.54, 1.807) is 6.08 Å². The topological polar surface area (TPSA) is 58.9 Å². The van der Waals surface area contributed by atoms with Crippen molar-refractivity contribution in [3.63, 3.8) is 0 Å². The molecule has 1 heterocycles. The monoisotopic (exact) mass is 216 g/mol. The lowest BCUT2D eigenvalue weighted by atomic mass is 10.1. The average Bonchev–Trinajstić information content (AvgIpc) is 2.47. The molecule has 6 heteroatoms. The second-order valence-electron chi connectivity index (χ2n) is 2.62. The van der Waals surface area contributed by atoms with Gasteiger partial charge in [-0.15, -0.1) is 0 Å². The largest absolute Gasteiger partial charge is 0.257 e. The summed E-state index contributed by atoms with van der Waals surface area (Å²) in [5, 5.41) is 0. The lowest BCUT2D eigenvalue weighted by Gasteiger charge is -2.07. The van der Waals surface area contributed by atoms with E-state index in [0.29, 0.717) is 11.4 Å². The van der Waals surface area contributed by atoms with Crippen molar-refractivity contribution in [3.05, 3.63) is 22.8 Å². The Bertz CT molecular complexity index is 471. The molecule has 68 valence electrons. The molecule has 0 N–H and O–H groups in total. The Morgan fingerprint density at radius 1 is 1.38 bits per heavy atom. The van der Waals surface area contributed by atoms with Crippen LogP contribution < -0.4 is 0 Å². The Labute approximate surface area is 79.8 Å². The fourth-order valence-corrected chi connectivity index (χ4v) is 2.00. The number of halogens is 1. The highest BCUT2D eigenvalue weighted by Gasteiger charge is 2.22. The maximum atomic E-state index is 10.9. The maximum Gasteiger partial charge on any atom is 0.257 e. The molecule has 0 saturated carbocycles. The highest BCUT2D eigenvalue weighted by molar-refractivity contribution is 8.16. The van der Waals surface area contributed by atoms with Crippen LogP contribution in [0.15, 0.2) is 32.7 Å². The maximum absolute atomic E-state index is 10.9. The molecule has 1 aliphatic carbocycles. The number of rotatable bonds is 1. The van der Waals surface area contributed by atoms with Crippen LogP contribution in [0, 0.1) is 0 Å². The molecule has 0 aromatic heterocycles. The fraction of sp³-hybridized carbons (Fsp3) is 0.143. The summed E-state index contributed by atoms with van der Waals surface area (Å²) in [6.45, 7) is 0. The summed E-state index contributed by atoms with van der Waals surface area (Å²) in [4.78, 5) is 8.01. The van der Waals surface area contributed by atoms with Gasteiger partial charge in [-0.05, 0) is 12.2 Å². The first-order chi connectivity index (χ1) is 6.07. The quantitative estimate of drug-likeness (QED) is 0.619. The van der Waals surface area contributed by atoms with Gasteiger partial charge in [0.15, 0.2) is 0 Å². The summed E-state index contributed by atoms with van der Waals surface area (Å²) >= 11 is 0. The van der Waals surface area contributed by atoms with E-state index in [1.165, 1.54) is 12.4 Å². The number of nitrogens with zero attached hydrogens (tertiary/aromatic N) is 2. The Hall–Kier alpha value is -0.940. The van der Waals surface area contributed by atoms with E-state index in [9.17, 15) is 8.42 Å². The minimum absolute atomic E-state index is 0.169. The molecule has 0 atom stereocenters. The first-order valence-corrected chi connectivity index (χ1v) is 5.83. The van der Waals surface area contributed by atoms with E-state index >= 15 is 0 Å². The molecule has 0 bridgehead atoms. The van der Waals surface area contributed by atoms with Crippen LogP contribution in [-0.2, 0) is 9.05 Å². The predicted molar refractivity (Wildman–Crippen MR) is 51.5 cm³/mol. The Morgan fingerprint density at radius 2 is 2.15 bits per heavy atom. The van der Waals surface area contributed by atoms with E-state index in [-0.39, 0.29) is 11.3 Å². The molecule has 0 spiro atoms. The third kappa shape index (κ3) is 1.57. The van der Waals surface area contributed by atoms with Gasteiger partial charge in [-0.3, -0.25) is 0 Å². The number of hydrogen-bond donors (Lipinski definition) is 0. The van der Waals surface area contributed by atoms with Gasteiger partial charge in [0.2, 0.25) is 0 Å². The van der Waals surface area contributed by atoms with Gasteiger partial charge < -0.3 is 0 Å². The molecule has 2 aliphatic rings. The fourth-order valence-electron chi connectivity index (χ4n) is 1.14. The zero-order chi connectivity index (χ0) is 9.47. The number of allylic oxidation sites excluding steroid dienone is 4. The van der Waals surface area contributed by atoms with Gasteiger partial charge >= 0.3 is 0 Å². The van der Waals surface area contributed by atoms with Gasteiger partial charge in [0.05, 0.1) is 16.3 Å². The van der Waals surface area contributed by atoms with Crippen LogP contribution in [0.5, 0.6) is 0 Å². The average molecular weight is 217 g/mol. The highest BCUT2D eigenvalue weighted by atomic mass is 35.7. The van der Waals surface area contributed by atoms with Gasteiger partial charge in [-0.2, -0.15) is 0 Å². The summed E-state index contributed by atoms with van der Waals surface area (Å²) in [6, 6.07) is 0. The summed E-state index contributed by atoms with van der Waals surface area (Å²) < 4.78 is 21.9. The van der Waals surface area contributed by atoms with Crippen LogP contribution in [0.1, 0.15) is 6.42 Å². The molecule has 0 fully saturated rings. The summed E-state index contributed by atoms with van der Waals surface area (Å²) in [5.74, 6) is 0. The van der Waals surface area contributed by atoms with Gasteiger partial charge in [0.25, 0.3) is 9.05 Å². The molecule has 0 aromatic rings. The van der Waals surface area contributed by atoms with Crippen LogP contribution in [-0.4, -0.2) is 20.5 Å². The third-order valence-electron chi connectivity index (χ3n) is 1.79. The molecule has 2 rings (SSSR count). The van der Waals surface area contributed by atoms with Crippen molar-refractivity contribution >= 4 is 31.8 Å². The zero-order valence-corrected chi connectivity index (χ0v) is 8.01. The Balaban J connectivity index is 2.42. The van der Waals surface area contributed by atoms with Gasteiger partial charge in [-0.25, -0.2) is 18.4 Å². The minimum Gasteiger partial charge on any atom is -0.239 e. The van der Waals surface area contributed by atoms with E-state index < -0.39 is 9.05 Å². The first kappa shape index (κ1) is 8.65. The second-order valence-corrected chi connectivity index (χ2v) is 5.24. The van der Waals surface area contributed by atoms with Crippen molar-refractivity contribution in [2.24, 2.45) is 9.98 Å². The number of hydrogen-bond acceptors (Lipinski definition) is 4. The molecular formula is C7H5ClN2O2S. The first-order valence-electron chi connectivity index (χ1n) is 3.52. The molecule has 0 amide bonds. The molecule has 13 heavy (non-hydrogen) atoms. The van der Waals surface area contributed by atoms with Crippen molar-refractivity contribution in [3.8, 4) is 0 Å². The molecule has 4 nitrogen and oxygen atoms in total. The standard InChI is InChI=1S/C7H5ClN2O2S/c8-13(11,12)5-1-2-6-7(3-5)10-4-9-6/h1-2,4H,3H2. The molecular weight excluding hydrogens is 212 g/mol. The van der Waals surface area contributed by atoms with Crippen molar-refractivity contribution in [1.29, 1.82) is 0 Å². The minimum atomic E-state index is -3.61.